The summed E-state index contributed by atoms with van der Waals surface area (Å²) in [5.41, 5.74) is 5.80. The summed E-state index contributed by atoms with van der Waals surface area (Å²) in [6.07, 6.45) is 0.924. The average Bonchev–Trinajstić information content (AvgIpc) is 2.67. The number of likely N-dealkylation sites (N-methyl/N-ethyl adjacent to an activating group) is 1. The monoisotopic (exact) mass is 200 g/mol. The molecule has 1 saturated heterocycles. The van der Waals surface area contributed by atoms with Gasteiger partial charge in [-0.25, -0.2) is 0 Å². The van der Waals surface area contributed by atoms with E-state index in [0.29, 0.717) is 6.61 Å². The van der Waals surface area contributed by atoms with Gasteiger partial charge in [-0.3, -0.25) is 4.79 Å². The number of amides is 1. The van der Waals surface area contributed by atoms with E-state index in [-0.39, 0.29) is 23.9 Å². The molecule has 0 aromatic heterocycles. The van der Waals surface area contributed by atoms with Crippen molar-refractivity contribution in [1.82, 2.24) is 4.90 Å². The maximum Gasteiger partial charge on any atom is 0.239 e. The lowest BCUT2D eigenvalue weighted by molar-refractivity contribution is -0.134. The molecule has 0 bridgehead atoms. The molecule has 1 fully saturated rings. The molecule has 1 heterocycles. The van der Waals surface area contributed by atoms with Crippen LogP contribution in [0.5, 0.6) is 0 Å². The Morgan fingerprint density at radius 2 is 2.21 bits per heavy atom. The molecule has 1 rings (SSSR count). The molecule has 0 aromatic rings. The van der Waals surface area contributed by atoms with E-state index in [0.717, 1.165) is 13.0 Å². The van der Waals surface area contributed by atoms with Gasteiger partial charge < -0.3 is 15.4 Å². The molecule has 0 saturated carbocycles. The van der Waals surface area contributed by atoms with E-state index < -0.39 is 0 Å². The molecule has 0 radical (unpaired) electrons. The number of ether oxygens (including phenoxy) is 1. The molecule has 0 spiro atoms. The number of carbonyl (C=O) groups excluding carboxylic acids is 1. The quantitative estimate of drug-likeness (QED) is 0.709. The van der Waals surface area contributed by atoms with Crippen molar-refractivity contribution >= 4 is 5.91 Å². The second-order valence-corrected chi connectivity index (χ2v) is 4.24. The Balaban J connectivity index is 2.50. The summed E-state index contributed by atoms with van der Waals surface area (Å²) >= 11 is 0. The SMILES string of the molecule is CC(C)C(N)C(=O)N(C)C1CCOC1. The van der Waals surface area contributed by atoms with Gasteiger partial charge in [0.15, 0.2) is 0 Å². The first-order valence-corrected chi connectivity index (χ1v) is 5.14. The molecule has 14 heavy (non-hydrogen) atoms. The third kappa shape index (κ3) is 2.45. The van der Waals surface area contributed by atoms with Crippen LogP contribution in [0.15, 0.2) is 0 Å². The first kappa shape index (κ1) is 11.5. The summed E-state index contributed by atoms with van der Waals surface area (Å²) in [6, 6.07) is -0.173. The Kier molecular flexibility index (Phi) is 3.89. The van der Waals surface area contributed by atoms with Gasteiger partial charge in [0.2, 0.25) is 5.91 Å². The second-order valence-electron chi connectivity index (χ2n) is 4.24. The lowest BCUT2D eigenvalue weighted by Gasteiger charge is -2.27. The van der Waals surface area contributed by atoms with Crippen molar-refractivity contribution in [3.8, 4) is 0 Å². The Bertz CT molecular complexity index is 200. The van der Waals surface area contributed by atoms with Crippen LogP contribution in [0, 0.1) is 5.92 Å². The van der Waals surface area contributed by atoms with Crippen molar-refractivity contribution < 1.29 is 9.53 Å². The fraction of sp³-hybridized carbons (Fsp3) is 0.900. The molecule has 4 heteroatoms. The highest BCUT2D eigenvalue weighted by atomic mass is 16.5. The van der Waals surface area contributed by atoms with Crippen LogP contribution in [0.25, 0.3) is 0 Å². The largest absolute Gasteiger partial charge is 0.379 e. The standard InChI is InChI=1S/C10H20N2O2/c1-7(2)9(11)10(13)12(3)8-4-5-14-6-8/h7-9H,4-6,11H2,1-3H3. The van der Waals surface area contributed by atoms with Crippen molar-refractivity contribution in [2.75, 3.05) is 20.3 Å². The van der Waals surface area contributed by atoms with Gasteiger partial charge in [0.25, 0.3) is 0 Å². The molecule has 1 aliphatic heterocycles. The average molecular weight is 200 g/mol. The molecule has 2 N–H and O–H groups in total. The number of hydrogen-bond acceptors (Lipinski definition) is 3. The van der Waals surface area contributed by atoms with Crippen molar-refractivity contribution in [3.63, 3.8) is 0 Å². The van der Waals surface area contributed by atoms with Gasteiger partial charge in [-0.15, -0.1) is 0 Å². The van der Waals surface area contributed by atoms with E-state index in [4.69, 9.17) is 10.5 Å². The third-order valence-electron chi connectivity index (χ3n) is 2.80. The number of nitrogens with zero attached hydrogens (tertiary/aromatic N) is 1. The highest BCUT2D eigenvalue weighted by Crippen LogP contribution is 2.13. The Hall–Kier alpha value is -0.610. The minimum Gasteiger partial charge on any atom is -0.379 e. The summed E-state index contributed by atoms with van der Waals surface area (Å²) in [5, 5.41) is 0. The zero-order chi connectivity index (χ0) is 10.7. The minimum atomic E-state index is -0.388. The Morgan fingerprint density at radius 1 is 1.57 bits per heavy atom. The van der Waals surface area contributed by atoms with Gasteiger partial charge in [0, 0.05) is 13.7 Å². The van der Waals surface area contributed by atoms with Gasteiger partial charge in [-0.2, -0.15) is 0 Å². The van der Waals surface area contributed by atoms with Crippen LogP contribution in [-0.2, 0) is 9.53 Å². The van der Waals surface area contributed by atoms with Gasteiger partial charge in [0.05, 0.1) is 18.7 Å². The lowest BCUT2D eigenvalue weighted by atomic mass is 10.0. The van der Waals surface area contributed by atoms with Gasteiger partial charge in [-0.05, 0) is 12.3 Å². The van der Waals surface area contributed by atoms with Gasteiger partial charge >= 0.3 is 0 Å². The molecule has 0 aromatic carbocycles. The first-order chi connectivity index (χ1) is 6.54. The molecular weight excluding hydrogens is 180 g/mol. The first-order valence-electron chi connectivity index (χ1n) is 5.14. The molecule has 82 valence electrons. The van der Waals surface area contributed by atoms with Crippen LogP contribution in [-0.4, -0.2) is 43.2 Å². The zero-order valence-corrected chi connectivity index (χ0v) is 9.19. The summed E-state index contributed by atoms with van der Waals surface area (Å²) in [5.74, 6) is 0.211. The van der Waals surface area contributed by atoms with Gasteiger partial charge in [0.1, 0.15) is 0 Å². The molecule has 1 amide bonds. The number of rotatable bonds is 3. The lowest BCUT2D eigenvalue weighted by Crippen LogP contribution is -2.48. The fourth-order valence-corrected chi connectivity index (χ4v) is 1.53. The summed E-state index contributed by atoms with van der Waals surface area (Å²) < 4.78 is 5.23. The summed E-state index contributed by atoms with van der Waals surface area (Å²) in [7, 11) is 1.81. The maximum absolute atomic E-state index is 11.8. The third-order valence-corrected chi connectivity index (χ3v) is 2.80. The predicted octanol–water partition coefficient (Wildman–Crippen LogP) is 0.217. The van der Waals surface area contributed by atoms with E-state index in [1.807, 2.05) is 20.9 Å². The highest BCUT2D eigenvalue weighted by Gasteiger charge is 2.28. The van der Waals surface area contributed by atoms with E-state index in [1.54, 1.807) is 4.90 Å². The van der Waals surface area contributed by atoms with Crippen LogP contribution >= 0.6 is 0 Å². The number of hydrogen-bond donors (Lipinski definition) is 1. The minimum absolute atomic E-state index is 0.0236. The molecular formula is C10H20N2O2. The zero-order valence-electron chi connectivity index (χ0n) is 9.19. The highest BCUT2D eigenvalue weighted by molar-refractivity contribution is 5.82. The second kappa shape index (κ2) is 4.75. The van der Waals surface area contributed by atoms with Crippen molar-refractivity contribution in [1.29, 1.82) is 0 Å². The molecule has 0 aliphatic carbocycles. The van der Waals surface area contributed by atoms with Crippen molar-refractivity contribution in [2.24, 2.45) is 11.7 Å². The normalized spacial score (nSPS) is 23.9. The van der Waals surface area contributed by atoms with Crippen LogP contribution in [0.2, 0.25) is 0 Å². The topological polar surface area (TPSA) is 55.6 Å². The van der Waals surface area contributed by atoms with Crippen molar-refractivity contribution in [3.05, 3.63) is 0 Å². The van der Waals surface area contributed by atoms with E-state index in [1.165, 1.54) is 0 Å². The molecule has 2 atom stereocenters. The maximum atomic E-state index is 11.8. The van der Waals surface area contributed by atoms with Crippen LogP contribution in [0.4, 0.5) is 0 Å². The summed E-state index contributed by atoms with van der Waals surface area (Å²) in [6.45, 7) is 5.31. The van der Waals surface area contributed by atoms with Crippen LogP contribution < -0.4 is 5.73 Å². The molecule has 4 nitrogen and oxygen atoms in total. The summed E-state index contributed by atoms with van der Waals surface area (Å²) in [4.78, 5) is 13.6. The fourth-order valence-electron chi connectivity index (χ4n) is 1.53. The molecule has 1 aliphatic rings. The number of nitrogens with two attached hydrogens (primary N) is 1. The van der Waals surface area contributed by atoms with Gasteiger partial charge in [-0.1, -0.05) is 13.8 Å². The molecule has 2 unspecified atom stereocenters. The Morgan fingerprint density at radius 3 is 2.64 bits per heavy atom. The van der Waals surface area contributed by atoms with Crippen LogP contribution in [0.1, 0.15) is 20.3 Å². The van der Waals surface area contributed by atoms with Crippen molar-refractivity contribution in [2.45, 2.75) is 32.4 Å². The Labute approximate surface area is 85.4 Å². The predicted molar refractivity (Wildman–Crippen MR) is 54.8 cm³/mol. The van der Waals surface area contributed by atoms with Crippen LogP contribution in [0.3, 0.4) is 0 Å². The van der Waals surface area contributed by atoms with E-state index in [2.05, 4.69) is 0 Å². The van der Waals surface area contributed by atoms with E-state index >= 15 is 0 Å². The smallest absolute Gasteiger partial charge is 0.239 e. The number of carbonyl (C=O) groups is 1. The van der Waals surface area contributed by atoms with E-state index in [9.17, 15) is 4.79 Å².